The standard InChI is InChI=1S/C15H14N2O5S/c1-10-7-11(4-5-13(10)17(20)21)15(19)22-9-14(18)16-8-12-3-2-6-23-12/h2-7H,8-9H2,1H3,(H,16,18). The summed E-state index contributed by atoms with van der Waals surface area (Å²) in [6.45, 7) is 1.51. The van der Waals surface area contributed by atoms with E-state index in [9.17, 15) is 19.7 Å². The molecule has 120 valence electrons. The monoisotopic (exact) mass is 334 g/mol. The lowest BCUT2D eigenvalue weighted by Crippen LogP contribution is -2.28. The number of hydrogen-bond acceptors (Lipinski definition) is 6. The lowest BCUT2D eigenvalue weighted by atomic mass is 10.1. The minimum Gasteiger partial charge on any atom is -0.452 e. The molecule has 0 aliphatic rings. The van der Waals surface area contributed by atoms with Gasteiger partial charge in [-0.25, -0.2) is 4.79 Å². The van der Waals surface area contributed by atoms with Gasteiger partial charge < -0.3 is 10.1 Å². The van der Waals surface area contributed by atoms with Crippen LogP contribution in [0.25, 0.3) is 0 Å². The quantitative estimate of drug-likeness (QED) is 0.497. The number of carbonyl (C=O) groups is 2. The Kier molecular flexibility index (Phi) is 5.42. The van der Waals surface area contributed by atoms with Crippen LogP contribution in [0, 0.1) is 17.0 Å². The molecule has 2 aromatic rings. The van der Waals surface area contributed by atoms with Crippen molar-refractivity contribution in [3.05, 3.63) is 61.8 Å². The van der Waals surface area contributed by atoms with Gasteiger partial charge >= 0.3 is 5.97 Å². The average molecular weight is 334 g/mol. The van der Waals surface area contributed by atoms with Gasteiger partial charge in [0.1, 0.15) is 0 Å². The Bertz CT molecular complexity index is 727. The minimum atomic E-state index is -0.700. The normalized spacial score (nSPS) is 10.1. The number of hydrogen-bond donors (Lipinski definition) is 1. The fourth-order valence-electron chi connectivity index (χ4n) is 1.85. The molecule has 1 amide bonds. The summed E-state index contributed by atoms with van der Waals surface area (Å²) in [6.07, 6.45) is 0. The molecule has 0 aliphatic heterocycles. The minimum absolute atomic E-state index is 0.0739. The van der Waals surface area contributed by atoms with E-state index in [2.05, 4.69) is 5.32 Å². The number of esters is 1. The molecule has 7 nitrogen and oxygen atoms in total. The zero-order chi connectivity index (χ0) is 16.8. The van der Waals surface area contributed by atoms with Crippen molar-refractivity contribution in [3.63, 3.8) is 0 Å². The number of amides is 1. The molecular formula is C15H14N2O5S. The molecule has 2 rings (SSSR count). The fraction of sp³-hybridized carbons (Fsp3) is 0.200. The first-order valence-corrected chi connectivity index (χ1v) is 7.56. The topological polar surface area (TPSA) is 98.5 Å². The molecule has 0 fully saturated rings. The summed E-state index contributed by atoms with van der Waals surface area (Å²) < 4.78 is 4.90. The second-order valence-electron chi connectivity index (χ2n) is 4.69. The number of carbonyl (C=O) groups excluding carboxylic acids is 2. The van der Waals surface area contributed by atoms with Crippen molar-refractivity contribution in [1.29, 1.82) is 0 Å². The van der Waals surface area contributed by atoms with Crippen LogP contribution in [-0.2, 0) is 16.1 Å². The molecule has 0 saturated heterocycles. The van der Waals surface area contributed by atoms with Crippen molar-refractivity contribution in [1.82, 2.24) is 5.32 Å². The Morgan fingerprint density at radius 2 is 2.13 bits per heavy atom. The van der Waals surface area contributed by atoms with Crippen LogP contribution in [-0.4, -0.2) is 23.4 Å². The molecule has 1 N–H and O–H groups in total. The van der Waals surface area contributed by atoms with E-state index in [0.717, 1.165) is 4.88 Å². The third-order valence-electron chi connectivity index (χ3n) is 3.00. The molecule has 0 bridgehead atoms. The van der Waals surface area contributed by atoms with Crippen LogP contribution < -0.4 is 5.32 Å². The summed E-state index contributed by atoms with van der Waals surface area (Å²) in [4.78, 5) is 34.7. The van der Waals surface area contributed by atoms with Crippen molar-refractivity contribution < 1.29 is 19.2 Å². The first-order valence-electron chi connectivity index (χ1n) is 6.68. The number of thiophene rings is 1. The number of benzene rings is 1. The van der Waals surface area contributed by atoms with Gasteiger partial charge in [0.2, 0.25) is 0 Å². The van der Waals surface area contributed by atoms with Crippen LogP contribution in [0.3, 0.4) is 0 Å². The van der Waals surface area contributed by atoms with Crippen LogP contribution in [0.4, 0.5) is 5.69 Å². The molecule has 0 radical (unpaired) electrons. The Morgan fingerprint density at radius 3 is 2.74 bits per heavy atom. The lowest BCUT2D eigenvalue weighted by molar-refractivity contribution is -0.385. The van der Waals surface area contributed by atoms with Crippen molar-refractivity contribution in [2.24, 2.45) is 0 Å². The highest BCUT2D eigenvalue weighted by atomic mass is 32.1. The Labute approximate surface area is 136 Å². The Balaban J connectivity index is 1.85. The SMILES string of the molecule is Cc1cc(C(=O)OCC(=O)NCc2cccs2)ccc1[N+](=O)[O-]. The van der Waals surface area contributed by atoms with Gasteiger partial charge in [0, 0.05) is 16.5 Å². The van der Waals surface area contributed by atoms with E-state index in [1.54, 1.807) is 0 Å². The summed E-state index contributed by atoms with van der Waals surface area (Å²) in [7, 11) is 0. The molecule has 0 saturated carbocycles. The maximum atomic E-state index is 11.8. The third kappa shape index (κ3) is 4.62. The maximum absolute atomic E-state index is 11.8. The van der Waals surface area contributed by atoms with Crippen LogP contribution in [0.2, 0.25) is 0 Å². The van der Waals surface area contributed by atoms with Crippen molar-refractivity contribution in [3.8, 4) is 0 Å². The number of rotatable bonds is 6. The van der Waals surface area contributed by atoms with Gasteiger partial charge in [0.15, 0.2) is 6.61 Å². The van der Waals surface area contributed by atoms with Gasteiger partial charge in [-0.1, -0.05) is 6.07 Å². The fourth-order valence-corrected chi connectivity index (χ4v) is 2.50. The summed E-state index contributed by atoms with van der Waals surface area (Å²) >= 11 is 1.51. The highest BCUT2D eigenvalue weighted by molar-refractivity contribution is 7.09. The van der Waals surface area contributed by atoms with Crippen LogP contribution in [0.15, 0.2) is 35.7 Å². The number of ether oxygens (including phenoxy) is 1. The van der Waals surface area contributed by atoms with Gasteiger partial charge in [0.25, 0.3) is 11.6 Å². The van der Waals surface area contributed by atoms with E-state index >= 15 is 0 Å². The number of nitro benzene ring substituents is 1. The smallest absolute Gasteiger partial charge is 0.338 e. The van der Waals surface area contributed by atoms with E-state index in [0.29, 0.717) is 12.1 Å². The molecule has 0 spiro atoms. The summed E-state index contributed by atoms with van der Waals surface area (Å²) in [5.74, 6) is -1.11. The van der Waals surface area contributed by atoms with E-state index < -0.39 is 23.4 Å². The number of aryl methyl sites for hydroxylation is 1. The van der Waals surface area contributed by atoms with E-state index in [1.165, 1.54) is 36.5 Å². The lowest BCUT2D eigenvalue weighted by Gasteiger charge is -2.06. The van der Waals surface area contributed by atoms with Crippen molar-refractivity contribution in [2.45, 2.75) is 13.5 Å². The summed E-state index contributed by atoms with van der Waals surface area (Å²) in [6, 6.07) is 7.67. The van der Waals surface area contributed by atoms with Crippen molar-refractivity contribution in [2.75, 3.05) is 6.61 Å². The second kappa shape index (κ2) is 7.50. The van der Waals surface area contributed by atoms with Gasteiger partial charge in [-0.2, -0.15) is 0 Å². The molecule has 1 aromatic heterocycles. The first kappa shape index (κ1) is 16.6. The molecule has 0 aliphatic carbocycles. The largest absolute Gasteiger partial charge is 0.452 e. The first-order chi connectivity index (χ1) is 11.0. The number of nitro groups is 1. The molecule has 1 aromatic carbocycles. The second-order valence-corrected chi connectivity index (χ2v) is 5.72. The van der Waals surface area contributed by atoms with Gasteiger partial charge in [-0.15, -0.1) is 11.3 Å². The Morgan fingerprint density at radius 1 is 1.35 bits per heavy atom. The zero-order valence-electron chi connectivity index (χ0n) is 12.3. The number of nitrogens with zero attached hydrogens (tertiary/aromatic N) is 1. The van der Waals surface area contributed by atoms with Crippen LogP contribution in [0.5, 0.6) is 0 Å². The van der Waals surface area contributed by atoms with E-state index in [-0.39, 0.29) is 11.3 Å². The van der Waals surface area contributed by atoms with Crippen LogP contribution >= 0.6 is 11.3 Å². The molecule has 1 heterocycles. The third-order valence-corrected chi connectivity index (χ3v) is 3.88. The predicted molar refractivity (Wildman–Crippen MR) is 84.3 cm³/mol. The average Bonchev–Trinajstić information content (AvgIpc) is 3.03. The highest BCUT2D eigenvalue weighted by Crippen LogP contribution is 2.19. The maximum Gasteiger partial charge on any atom is 0.338 e. The molecule has 0 atom stereocenters. The molecule has 0 unspecified atom stereocenters. The van der Waals surface area contributed by atoms with Crippen molar-refractivity contribution >= 4 is 28.9 Å². The molecule has 23 heavy (non-hydrogen) atoms. The van der Waals surface area contributed by atoms with Gasteiger partial charge in [-0.3, -0.25) is 14.9 Å². The Hall–Kier alpha value is -2.74. The van der Waals surface area contributed by atoms with E-state index in [4.69, 9.17) is 4.74 Å². The molecular weight excluding hydrogens is 320 g/mol. The summed E-state index contributed by atoms with van der Waals surface area (Å²) in [5, 5.41) is 15.3. The molecule has 8 heteroatoms. The van der Waals surface area contributed by atoms with E-state index in [1.807, 2.05) is 17.5 Å². The van der Waals surface area contributed by atoms with Gasteiger partial charge in [-0.05, 0) is 30.5 Å². The zero-order valence-corrected chi connectivity index (χ0v) is 13.1. The van der Waals surface area contributed by atoms with Crippen LogP contribution in [0.1, 0.15) is 20.8 Å². The number of nitrogens with one attached hydrogen (secondary N) is 1. The highest BCUT2D eigenvalue weighted by Gasteiger charge is 2.15. The van der Waals surface area contributed by atoms with Gasteiger partial charge in [0.05, 0.1) is 17.0 Å². The predicted octanol–water partition coefficient (Wildman–Crippen LogP) is 2.44. The summed E-state index contributed by atoms with van der Waals surface area (Å²) in [5.41, 5.74) is 0.445.